The third kappa shape index (κ3) is 3.35. The Kier molecular flexibility index (Phi) is 3.91. The van der Waals surface area contributed by atoms with Gasteiger partial charge in [-0.25, -0.2) is 4.98 Å². The van der Waals surface area contributed by atoms with Gasteiger partial charge in [0.05, 0.1) is 6.20 Å². The summed E-state index contributed by atoms with van der Waals surface area (Å²) in [6, 6.07) is 0. The quantitative estimate of drug-likeness (QED) is 0.765. The van der Waals surface area contributed by atoms with E-state index in [-0.39, 0.29) is 10.6 Å². The number of rotatable bonds is 4. The standard InChI is InChI=1S/C8H13ClN4O/c1-13(2)4-3-10-8-11-5-6(9)7(14)12-8/h5H,3-4H2,1-2H3,(H2,10,11,12,14). The molecule has 0 aromatic carbocycles. The van der Waals surface area contributed by atoms with Gasteiger partial charge < -0.3 is 10.2 Å². The predicted octanol–water partition coefficient (Wildman–Crippen LogP) is 0.397. The SMILES string of the molecule is CN(C)CCNc1ncc(Cl)c(=O)[nH]1. The molecule has 14 heavy (non-hydrogen) atoms. The van der Waals surface area contributed by atoms with Crippen LogP contribution in [0.15, 0.2) is 11.0 Å². The molecular weight excluding hydrogens is 204 g/mol. The van der Waals surface area contributed by atoms with Gasteiger partial charge in [0.2, 0.25) is 5.95 Å². The molecule has 0 aliphatic carbocycles. The second-order valence-corrected chi connectivity index (χ2v) is 3.55. The fourth-order valence-corrected chi connectivity index (χ4v) is 0.963. The summed E-state index contributed by atoms with van der Waals surface area (Å²) in [5.41, 5.74) is -0.325. The first-order valence-electron chi connectivity index (χ1n) is 4.23. The fourth-order valence-electron chi connectivity index (χ4n) is 0.867. The molecule has 0 radical (unpaired) electrons. The molecule has 0 amide bonds. The van der Waals surface area contributed by atoms with Crippen LogP contribution >= 0.6 is 11.6 Å². The molecule has 0 spiro atoms. The van der Waals surface area contributed by atoms with Crippen molar-refractivity contribution in [1.29, 1.82) is 0 Å². The molecule has 1 rings (SSSR count). The number of halogens is 1. The van der Waals surface area contributed by atoms with Crippen molar-refractivity contribution in [2.75, 3.05) is 32.5 Å². The molecule has 0 atom stereocenters. The highest BCUT2D eigenvalue weighted by Gasteiger charge is 1.98. The van der Waals surface area contributed by atoms with E-state index >= 15 is 0 Å². The minimum atomic E-state index is -0.325. The summed E-state index contributed by atoms with van der Waals surface area (Å²) in [4.78, 5) is 19.5. The monoisotopic (exact) mass is 216 g/mol. The average molecular weight is 217 g/mol. The zero-order valence-corrected chi connectivity index (χ0v) is 8.93. The number of nitrogens with zero attached hydrogens (tertiary/aromatic N) is 2. The molecule has 0 saturated carbocycles. The van der Waals surface area contributed by atoms with E-state index in [2.05, 4.69) is 15.3 Å². The van der Waals surface area contributed by atoms with E-state index < -0.39 is 0 Å². The molecule has 0 fully saturated rings. The van der Waals surface area contributed by atoms with Crippen LogP contribution in [-0.4, -0.2) is 42.1 Å². The summed E-state index contributed by atoms with van der Waals surface area (Å²) in [7, 11) is 3.94. The van der Waals surface area contributed by atoms with E-state index in [1.54, 1.807) is 0 Å². The zero-order valence-electron chi connectivity index (χ0n) is 8.17. The van der Waals surface area contributed by atoms with Gasteiger partial charge in [-0.05, 0) is 14.1 Å². The minimum absolute atomic E-state index is 0.100. The first-order valence-corrected chi connectivity index (χ1v) is 4.61. The molecule has 1 heterocycles. The number of aromatic nitrogens is 2. The van der Waals surface area contributed by atoms with Gasteiger partial charge in [0.15, 0.2) is 0 Å². The highest BCUT2D eigenvalue weighted by Crippen LogP contribution is 1.99. The van der Waals surface area contributed by atoms with Gasteiger partial charge in [0.25, 0.3) is 5.56 Å². The van der Waals surface area contributed by atoms with Gasteiger partial charge in [-0.1, -0.05) is 11.6 Å². The normalized spacial score (nSPS) is 10.6. The van der Waals surface area contributed by atoms with E-state index in [1.165, 1.54) is 6.20 Å². The Morgan fingerprint density at radius 2 is 2.36 bits per heavy atom. The summed E-state index contributed by atoms with van der Waals surface area (Å²) >= 11 is 5.52. The lowest BCUT2D eigenvalue weighted by atomic mass is 10.5. The Morgan fingerprint density at radius 3 is 2.93 bits per heavy atom. The van der Waals surface area contributed by atoms with Gasteiger partial charge >= 0.3 is 0 Å². The molecule has 2 N–H and O–H groups in total. The van der Waals surface area contributed by atoms with Crippen molar-refractivity contribution in [1.82, 2.24) is 14.9 Å². The lowest BCUT2D eigenvalue weighted by Crippen LogP contribution is -2.22. The first kappa shape index (κ1) is 11.0. The van der Waals surface area contributed by atoms with Crippen molar-refractivity contribution in [3.63, 3.8) is 0 Å². The molecule has 6 heteroatoms. The Morgan fingerprint density at radius 1 is 1.64 bits per heavy atom. The number of aromatic amines is 1. The number of hydrogen-bond donors (Lipinski definition) is 2. The van der Waals surface area contributed by atoms with Gasteiger partial charge in [-0.15, -0.1) is 0 Å². The van der Waals surface area contributed by atoms with Crippen LogP contribution in [0, 0.1) is 0 Å². The maximum Gasteiger partial charge on any atom is 0.271 e. The third-order valence-electron chi connectivity index (χ3n) is 1.61. The highest BCUT2D eigenvalue weighted by atomic mass is 35.5. The molecule has 0 unspecified atom stereocenters. The summed E-state index contributed by atoms with van der Waals surface area (Å²) in [6.07, 6.45) is 1.33. The van der Waals surface area contributed by atoms with Crippen LogP contribution in [0.4, 0.5) is 5.95 Å². The summed E-state index contributed by atoms with van der Waals surface area (Å²) in [5.74, 6) is 0.446. The third-order valence-corrected chi connectivity index (χ3v) is 1.88. The summed E-state index contributed by atoms with van der Waals surface area (Å²) < 4.78 is 0. The van der Waals surface area contributed by atoms with Crippen molar-refractivity contribution in [2.45, 2.75) is 0 Å². The first-order chi connectivity index (χ1) is 6.59. The van der Waals surface area contributed by atoms with Gasteiger partial charge in [-0.3, -0.25) is 9.78 Å². The lowest BCUT2D eigenvalue weighted by molar-refractivity contribution is 0.425. The van der Waals surface area contributed by atoms with E-state index in [0.29, 0.717) is 5.95 Å². The van der Waals surface area contributed by atoms with Gasteiger partial charge in [-0.2, -0.15) is 0 Å². The maximum absolute atomic E-state index is 11.1. The molecule has 0 bridgehead atoms. The summed E-state index contributed by atoms with van der Waals surface area (Å²) in [5, 5.41) is 3.08. The molecular formula is C8H13ClN4O. The molecule has 0 aliphatic heterocycles. The molecule has 1 aromatic heterocycles. The van der Waals surface area contributed by atoms with E-state index in [9.17, 15) is 4.79 Å². The zero-order chi connectivity index (χ0) is 10.6. The lowest BCUT2D eigenvalue weighted by Gasteiger charge is -2.10. The summed E-state index contributed by atoms with van der Waals surface area (Å²) in [6.45, 7) is 1.59. The van der Waals surface area contributed by atoms with Crippen LogP contribution in [-0.2, 0) is 0 Å². The van der Waals surface area contributed by atoms with Crippen LogP contribution in [0.2, 0.25) is 5.02 Å². The van der Waals surface area contributed by atoms with Crippen molar-refractivity contribution >= 4 is 17.5 Å². The maximum atomic E-state index is 11.1. The Labute approximate surface area is 87.1 Å². The molecule has 78 valence electrons. The largest absolute Gasteiger partial charge is 0.354 e. The second kappa shape index (κ2) is 4.97. The number of anilines is 1. The fraction of sp³-hybridized carbons (Fsp3) is 0.500. The smallest absolute Gasteiger partial charge is 0.271 e. The van der Waals surface area contributed by atoms with Crippen molar-refractivity contribution < 1.29 is 0 Å². The van der Waals surface area contributed by atoms with Crippen LogP contribution in [0.25, 0.3) is 0 Å². The topological polar surface area (TPSA) is 61.0 Å². The molecule has 1 aromatic rings. The molecule has 5 nitrogen and oxygen atoms in total. The number of hydrogen-bond acceptors (Lipinski definition) is 4. The Hall–Kier alpha value is -1.07. The van der Waals surface area contributed by atoms with E-state index in [4.69, 9.17) is 11.6 Å². The van der Waals surface area contributed by atoms with Crippen molar-refractivity contribution in [3.8, 4) is 0 Å². The Bertz CT molecular complexity index is 349. The minimum Gasteiger partial charge on any atom is -0.354 e. The molecule has 0 saturated heterocycles. The van der Waals surface area contributed by atoms with Crippen LogP contribution in [0.3, 0.4) is 0 Å². The van der Waals surface area contributed by atoms with Crippen molar-refractivity contribution in [2.24, 2.45) is 0 Å². The van der Waals surface area contributed by atoms with Gasteiger partial charge in [0.1, 0.15) is 5.02 Å². The highest BCUT2D eigenvalue weighted by molar-refractivity contribution is 6.30. The van der Waals surface area contributed by atoms with Gasteiger partial charge in [0, 0.05) is 13.1 Å². The molecule has 0 aliphatic rings. The predicted molar refractivity (Wildman–Crippen MR) is 56.9 cm³/mol. The van der Waals surface area contributed by atoms with Crippen LogP contribution in [0.1, 0.15) is 0 Å². The second-order valence-electron chi connectivity index (χ2n) is 3.14. The van der Waals surface area contributed by atoms with Crippen LogP contribution in [0.5, 0.6) is 0 Å². The Balaban J connectivity index is 2.52. The number of nitrogens with one attached hydrogen (secondary N) is 2. The van der Waals surface area contributed by atoms with E-state index in [0.717, 1.165) is 13.1 Å². The number of H-pyrrole nitrogens is 1. The number of likely N-dealkylation sites (N-methyl/N-ethyl adjacent to an activating group) is 1. The van der Waals surface area contributed by atoms with Crippen molar-refractivity contribution in [3.05, 3.63) is 21.6 Å². The average Bonchev–Trinajstić information content (AvgIpc) is 2.10. The van der Waals surface area contributed by atoms with E-state index in [1.807, 2.05) is 19.0 Å². The van der Waals surface area contributed by atoms with Crippen LogP contribution < -0.4 is 10.9 Å².